The molecule has 0 radical (unpaired) electrons. The SMILES string of the molecule is Cc1cccc(C)c1N1C=CN(c2ccc(Cl)nn2)C1. The predicted octanol–water partition coefficient (Wildman–Crippen LogP) is 3.50. The van der Waals surface area contributed by atoms with Crippen LogP contribution in [0.4, 0.5) is 11.5 Å². The Balaban J connectivity index is 1.84. The molecule has 0 N–H and O–H groups in total. The van der Waals surface area contributed by atoms with E-state index in [2.05, 4.69) is 53.3 Å². The normalized spacial score (nSPS) is 14.2. The number of para-hydroxylation sites is 1. The molecule has 1 aliphatic rings. The van der Waals surface area contributed by atoms with Crippen molar-refractivity contribution in [3.8, 4) is 0 Å². The molecule has 1 aromatic heterocycles. The molecule has 2 heterocycles. The van der Waals surface area contributed by atoms with Gasteiger partial charge in [-0.15, -0.1) is 10.2 Å². The number of hydrogen-bond acceptors (Lipinski definition) is 4. The molecule has 0 amide bonds. The quantitative estimate of drug-likeness (QED) is 0.846. The largest absolute Gasteiger partial charge is 0.327 e. The number of benzene rings is 1. The summed E-state index contributed by atoms with van der Waals surface area (Å²) in [5.41, 5.74) is 3.77. The van der Waals surface area contributed by atoms with Crippen molar-refractivity contribution in [2.75, 3.05) is 16.5 Å². The Bertz CT molecular complexity index is 631. The van der Waals surface area contributed by atoms with Crippen LogP contribution >= 0.6 is 11.6 Å². The molecule has 0 saturated carbocycles. The van der Waals surface area contributed by atoms with Gasteiger partial charge in [0.15, 0.2) is 11.0 Å². The summed E-state index contributed by atoms with van der Waals surface area (Å²) < 4.78 is 0. The Morgan fingerprint density at radius 2 is 1.65 bits per heavy atom. The summed E-state index contributed by atoms with van der Waals surface area (Å²) in [5.74, 6) is 0.791. The fourth-order valence-electron chi connectivity index (χ4n) is 2.43. The highest BCUT2D eigenvalue weighted by atomic mass is 35.5. The molecular formula is C15H15ClN4. The molecule has 0 atom stereocenters. The number of nitrogens with zero attached hydrogens (tertiary/aromatic N) is 4. The minimum atomic E-state index is 0.406. The van der Waals surface area contributed by atoms with Crippen molar-refractivity contribution >= 4 is 23.1 Å². The number of aromatic nitrogens is 2. The molecule has 0 bridgehead atoms. The van der Waals surface area contributed by atoms with Gasteiger partial charge in [0.2, 0.25) is 0 Å². The average Bonchev–Trinajstić information content (AvgIpc) is 2.89. The highest BCUT2D eigenvalue weighted by Gasteiger charge is 2.19. The maximum absolute atomic E-state index is 5.76. The summed E-state index contributed by atoms with van der Waals surface area (Å²) in [5, 5.41) is 8.38. The number of rotatable bonds is 2. The number of hydrogen-bond donors (Lipinski definition) is 0. The smallest absolute Gasteiger partial charge is 0.156 e. The summed E-state index contributed by atoms with van der Waals surface area (Å²) in [6, 6.07) is 9.95. The van der Waals surface area contributed by atoms with Crippen molar-refractivity contribution < 1.29 is 0 Å². The van der Waals surface area contributed by atoms with Gasteiger partial charge >= 0.3 is 0 Å². The maximum Gasteiger partial charge on any atom is 0.156 e. The van der Waals surface area contributed by atoms with Gasteiger partial charge in [0.05, 0.1) is 0 Å². The van der Waals surface area contributed by atoms with Crippen molar-refractivity contribution in [3.63, 3.8) is 0 Å². The molecule has 0 fully saturated rings. The lowest BCUT2D eigenvalue weighted by atomic mass is 10.1. The first-order valence-corrected chi connectivity index (χ1v) is 6.80. The van der Waals surface area contributed by atoms with E-state index >= 15 is 0 Å². The number of aryl methyl sites for hydroxylation is 2. The average molecular weight is 287 g/mol. The summed E-state index contributed by atoms with van der Waals surface area (Å²) in [7, 11) is 0. The molecule has 2 aromatic rings. The van der Waals surface area contributed by atoms with Crippen LogP contribution in [0.2, 0.25) is 5.15 Å². The van der Waals surface area contributed by atoms with Crippen LogP contribution in [-0.2, 0) is 0 Å². The van der Waals surface area contributed by atoms with Gasteiger partial charge in [-0.25, -0.2) is 0 Å². The zero-order valence-corrected chi connectivity index (χ0v) is 12.2. The summed E-state index contributed by atoms with van der Waals surface area (Å²) in [6.07, 6.45) is 4.06. The van der Waals surface area contributed by atoms with Crippen molar-refractivity contribution in [2.45, 2.75) is 13.8 Å². The monoisotopic (exact) mass is 286 g/mol. The zero-order valence-electron chi connectivity index (χ0n) is 11.4. The van der Waals surface area contributed by atoms with Crippen LogP contribution in [0.1, 0.15) is 11.1 Å². The van der Waals surface area contributed by atoms with E-state index in [4.69, 9.17) is 11.6 Å². The molecule has 20 heavy (non-hydrogen) atoms. The van der Waals surface area contributed by atoms with Crippen molar-refractivity contribution in [1.82, 2.24) is 10.2 Å². The van der Waals surface area contributed by atoms with Gasteiger partial charge in [0.1, 0.15) is 6.67 Å². The molecule has 1 aromatic carbocycles. The Hall–Kier alpha value is -2.07. The van der Waals surface area contributed by atoms with Crippen molar-refractivity contribution in [1.29, 1.82) is 0 Å². The second-order valence-electron chi connectivity index (χ2n) is 4.83. The lowest BCUT2D eigenvalue weighted by Gasteiger charge is -2.23. The summed E-state index contributed by atoms with van der Waals surface area (Å²) in [6.45, 7) is 4.98. The Labute approximate surface area is 123 Å². The second-order valence-corrected chi connectivity index (χ2v) is 5.22. The summed E-state index contributed by atoms with van der Waals surface area (Å²) in [4.78, 5) is 4.25. The molecule has 3 rings (SSSR count). The molecule has 0 unspecified atom stereocenters. The second kappa shape index (κ2) is 5.13. The van der Waals surface area contributed by atoms with E-state index in [-0.39, 0.29) is 0 Å². The molecule has 5 heteroatoms. The van der Waals surface area contributed by atoms with E-state index in [1.807, 2.05) is 17.2 Å². The van der Waals surface area contributed by atoms with Crippen LogP contribution in [0.15, 0.2) is 42.7 Å². The van der Waals surface area contributed by atoms with Gasteiger partial charge in [-0.3, -0.25) is 0 Å². The maximum atomic E-state index is 5.76. The van der Waals surface area contributed by atoms with E-state index in [9.17, 15) is 0 Å². The first kappa shape index (κ1) is 12.9. The van der Waals surface area contributed by atoms with Crippen LogP contribution in [-0.4, -0.2) is 16.9 Å². The molecule has 0 spiro atoms. The van der Waals surface area contributed by atoms with E-state index in [0.29, 0.717) is 5.15 Å². The Kier molecular flexibility index (Phi) is 3.32. The highest BCUT2D eigenvalue weighted by molar-refractivity contribution is 6.29. The van der Waals surface area contributed by atoms with E-state index in [0.717, 1.165) is 12.5 Å². The molecule has 1 aliphatic heterocycles. The summed E-state index contributed by atoms with van der Waals surface area (Å²) >= 11 is 5.76. The van der Waals surface area contributed by atoms with E-state index in [1.165, 1.54) is 16.8 Å². The lowest BCUT2D eigenvalue weighted by molar-refractivity contribution is 0.910. The fourth-order valence-corrected chi connectivity index (χ4v) is 2.54. The Morgan fingerprint density at radius 3 is 2.30 bits per heavy atom. The lowest BCUT2D eigenvalue weighted by Crippen LogP contribution is -2.26. The standard InChI is InChI=1S/C15H15ClN4/c1-11-4-3-5-12(2)15(11)20-9-8-19(10-20)14-7-6-13(16)17-18-14/h3-9H,10H2,1-2H3. The van der Waals surface area contributed by atoms with Gasteiger partial charge in [0, 0.05) is 18.1 Å². The van der Waals surface area contributed by atoms with Crippen molar-refractivity contribution in [3.05, 3.63) is 59.0 Å². The van der Waals surface area contributed by atoms with E-state index < -0.39 is 0 Å². The van der Waals surface area contributed by atoms with Crippen molar-refractivity contribution in [2.24, 2.45) is 0 Å². The zero-order chi connectivity index (χ0) is 14.1. The number of halogens is 1. The third-order valence-corrected chi connectivity index (χ3v) is 3.57. The minimum absolute atomic E-state index is 0.406. The molecular weight excluding hydrogens is 272 g/mol. The third kappa shape index (κ3) is 2.34. The van der Waals surface area contributed by atoms with Gasteiger partial charge in [0.25, 0.3) is 0 Å². The third-order valence-electron chi connectivity index (χ3n) is 3.37. The van der Waals surface area contributed by atoms with E-state index in [1.54, 1.807) is 6.07 Å². The minimum Gasteiger partial charge on any atom is -0.327 e. The van der Waals surface area contributed by atoms with Gasteiger partial charge in [-0.2, -0.15) is 0 Å². The first-order chi connectivity index (χ1) is 9.65. The highest BCUT2D eigenvalue weighted by Crippen LogP contribution is 2.28. The van der Waals surface area contributed by atoms with Gasteiger partial charge in [-0.1, -0.05) is 29.8 Å². The van der Waals surface area contributed by atoms with Crippen LogP contribution in [0.3, 0.4) is 0 Å². The predicted molar refractivity (Wildman–Crippen MR) is 81.9 cm³/mol. The first-order valence-electron chi connectivity index (χ1n) is 6.42. The van der Waals surface area contributed by atoms with Crippen LogP contribution < -0.4 is 9.80 Å². The van der Waals surface area contributed by atoms with Crippen LogP contribution in [0.25, 0.3) is 0 Å². The fraction of sp³-hybridized carbons (Fsp3) is 0.200. The van der Waals surface area contributed by atoms with Gasteiger partial charge in [-0.05, 0) is 37.1 Å². The van der Waals surface area contributed by atoms with Crippen LogP contribution in [0.5, 0.6) is 0 Å². The molecule has 102 valence electrons. The Morgan fingerprint density at radius 1 is 0.950 bits per heavy atom. The topological polar surface area (TPSA) is 32.3 Å². The van der Waals surface area contributed by atoms with Crippen LogP contribution in [0, 0.1) is 13.8 Å². The van der Waals surface area contributed by atoms with Gasteiger partial charge < -0.3 is 9.80 Å². The molecule has 0 aliphatic carbocycles. The number of anilines is 2. The molecule has 4 nitrogen and oxygen atoms in total. The molecule has 0 saturated heterocycles.